The number of ether oxygens (including phenoxy) is 1. The number of carbonyl (C=O) groups is 1. The van der Waals surface area contributed by atoms with Gasteiger partial charge in [-0.25, -0.2) is 4.98 Å². The van der Waals surface area contributed by atoms with Crippen molar-refractivity contribution in [1.82, 2.24) is 4.98 Å². The van der Waals surface area contributed by atoms with Crippen molar-refractivity contribution in [2.75, 3.05) is 6.61 Å². The van der Waals surface area contributed by atoms with Gasteiger partial charge >= 0.3 is 5.92 Å². The van der Waals surface area contributed by atoms with Crippen molar-refractivity contribution in [2.24, 2.45) is 0 Å². The molecule has 130 valence electrons. The fourth-order valence-electron chi connectivity index (χ4n) is 1.97. The monoisotopic (exact) mass is 341 g/mol. The Kier molecular flexibility index (Phi) is 5.86. The molecule has 0 bridgehead atoms. The van der Waals surface area contributed by atoms with Crippen molar-refractivity contribution in [3.8, 4) is 11.5 Å². The van der Waals surface area contributed by atoms with E-state index in [2.05, 4.69) is 4.98 Å². The summed E-state index contributed by atoms with van der Waals surface area (Å²) in [6.45, 7) is -0.334. The third kappa shape index (κ3) is 4.76. The zero-order valence-corrected chi connectivity index (χ0v) is 12.7. The molecule has 1 aromatic heterocycles. The standard InChI is InChI=1S/C16H17F2NO5/c17-16(18,14(22)15-19-9-13(10-20)24-15)6-1-2-7-23-12-5-3-4-11(21)8-12/h3-5,8-9,20-21H,1-2,6-7,10H2. The fourth-order valence-corrected chi connectivity index (χ4v) is 1.97. The molecule has 0 atom stereocenters. The highest BCUT2D eigenvalue weighted by molar-refractivity contribution is 5.97. The van der Waals surface area contributed by atoms with E-state index in [4.69, 9.17) is 14.3 Å². The summed E-state index contributed by atoms with van der Waals surface area (Å²) in [5.41, 5.74) is 0. The molecular weight excluding hydrogens is 324 g/mol. The minimum absolute atomic E-state index is 0.0475. The van der Waals surface area contributed by atoms with Gasteiger partial charge in [-0.15, -0.1) is 0 Å². The van der Waals surface area contributed by atoms with Crippen molar-refractivity contribution in [3.05, 3.63) is 42.1 Å². The number of rotatable bonds is 9. The fraction of sp³-hybridized carbons (Fsp3) is 0.375. The zero-order valence-electron chi connectivity index (χ0n) is 12.7. The third-order valence-corrected chi connectivity index (χ3v) is 3.21. The molecule has 24 heavy (non-hydrogen) atoms. The second kappa shape index (κ2) is 7.87. The molecule has 1 aromatic carbocycles. The highest BCUT2D eigenvalue weighted by atomic mass is 19.3. The molecule has 0 aliphatic carbocycles. The molecule has 1 heterocycles. The van der Waals surface area contributed by atoms with Gasteiger partial charge in [-0.1, -0.05) is 6.07 Å². The van der Waals surface area contributed by atoms with Gasteiger partial charge in [0.25, 0.3) is 11.7 Å². The molecule has 6 nitrogen and oxygen atoms in total. The maximum Gasteiger partial charge on any atom is 0.314 e. The summed E-state index contributed by atoms with van der Waals surface area (Å²) in [5.74, 6) is -5.36. The van der Waals surface area contributed by atoms with E-state index in [0.29, 0.717) is 12.2 Å². The molecule has 0 spiro atoms. The predicted octanol–water partition coefficient (Wildman–Crippen LogP) is 2.94. The molecule has 2 aromatic rings. The minimum atomic E-state index is -3.59. The van der Waals surface area contributed by atoms with Gasteiger partial charge in [0.15, 0.2) is 0 Å². The Bertz CT molecular complexity index is 687. The normalized spacial score (nSPS) is 11.5. The van der Waals surface area contributed by atoms with Gasteiger partial charge < -0.3 is 19.4 Å². The number of halogens is 2. The van der Waals surface area contributed by atoms with E-state index in [1.807, 2.05) is 0 Å². The number of carbonyl (C=O) groups excluding carboxylic acids is 1. The first-order chi connectivity index (χ1) is 11.4. The molecular formula is C16H17F2NO5. The van der Waals surface area contributed by atoms with Crippen LogP contribution >= 0.6 is 0 Å². The van der Waals surface area contributed by atoms with Gasteiger partial charge in [-0.2, -0.15) is 8.78 Å². The number of phenolic OH excluding ortho intramolecular Hbond substituents is 1. The quantitative estimate of drug-likeness (QED) is 0.538. The summed E-state index contributed by atoms with van der Waals surface area (Å²) in [6.07, 6.45) is 0.746. The number of nitrogens with zero attached hydrogens (tertiary/aromatic N) is 1. The summed E-state index contributed by atoms with van der Waals surface area (Å²) in [6, 6.07) is 6.15. The Morgan fingerprint density at radius 3 is 2.79 bits per heavy atom. The Morgan fingerprint density at radius 1 is 1.33 bits per heavy atom. The molecule has 0 saturated carbocycles. The number of aliphatic hydroxyl groups is 1. The molecule has 2 N–H and O–H groups in total. The number of hydrogen-bond donors (Lipinski definition) is 2. The third-order valence-electron chi connectivity index (χ3n) is 3.21. The SMILES string of the molecule is O=C(c1ncc(CO)o1)C(F)(F)CCCCOc1cccc(O)c1. The number of aliphatic hydroxyl groups excluding tert-OH is 1. The van der Waals surface area contributed by atoms with E-state index in [1.54, 1.807) is 12.1 Å². The Hall–Kier alpha value is -2.48. The van der Waals surface area contributed by atoms with Crippen LogP contribution in [0.4, 0.5) is 8.78 Å². The molecule has 8 heteroatoms. The Balaban J connectivity index is 1.76. The van der Waals surface area contributed by atoms with Crippen LogP contribution in [0.25, 0.3) is 0 Å². The van der Waals surface area contributed by atoms with Crippen LogP contribution < -0.4 is 4.74 Å². The molecule has 0 aliphatic rings. The highest BCUT2D eigenvalue weighted by Crippen LogP contribution is 2.26. The average Bonchev–Trinajstić information content (AvgIpc) is 3.02. The number of ketones is 1. The number of unbranched alkanes of at least 4 members (excludes halogenated alkanes) is 1. The van der Waals surface area contributed by atoms with E-state index in [0.717, 1.165) is 6.20 Å². The van der Waals surface area contributed by atoms with Crippen molar-refractivity contribution in [3.63, 3.8) is 0 Å². The first-order valence-corrected chi connectivity index (χ1v) is 7.32. The molecule has 0 fully saturated rings. The van der Waals surface area contributed by atoms with Crippen LogP contribution in [0.5, 0.6) is 11.5 Å². The van der Waals surface area contributed by atoms with Crippen LogP contribution in [0.15, 0.2) is 34.9 Å². The van der Waals surface area contributed by atoms with Crippen LogP contribution in [0.3, 0.4) is 0 Å². The van der Waals surface area contributed by atoms with Gasteiger partial charge in [0.1, 0.15) is 23.9 Å². The highest BCUT2D eigenvalue weighted by Gasteiger charge is 2.41. The number of benzene rings is 1. The smallest absolute Gasteiger partial charge is 0.314 e. The van der Waals surface area contributed by atoms with E-state index in [9.17, 15) is 18.7 Å². The number of phenols is 1. The summed E-state index contributed by atoms with van der Waals surface area (Å²) >= 11 is 0. The molecule has 0 radical (unpaired) electrons. The van der Waals surface area contributed by atoms with Gasteiger partial charge in [0, 0.05) is 12.5 Å². The van der Waals surface area contributed by atoms with Gasteiger partial charge in [-0.3, -0.25) is 4.79 Å². The number of alkyl halides is 2. The number of hydrogen-bond acceptors (Lipinski definition) is 6. The largest absolute Gasteiger partial charge is 0.508 e. The number of aromatic nitrogens is 1. The van der Waals surface area contributed by atoms with Crippen LogP contribution in [0.2, 0.25) is 0 Å². The van der Waals surface area contributed by atoms with Crippen LogP contribution in [-0.2, 0) is 6.61 Å². The maximum atomic E-state index is 13.8. The van der Waals surface area contributed by atoms with E-state index < -0.39 is 30.6 Å². The summed E-state index contributed by atoms with van der Waals surface area (Å²) in [4.78, 5) is 15.1. The van der Waals surface area contributed by atoms with Crippen molar-refractivity contribution in [2.45, 2.75) is 31.8 Å². The first kappa shape index (κ1) is 17.9. The van der Waals surface area contributed by atoms with E-state index in [-0.39, 0.29) is 24.5 Å². The molecule has 0 aliphatic heterocycles. The maximum absolute atomic E-state index is 13.8. The number of Topliss-reactive ketones (excluding diaryl/α,β-unsaturated/α-hetero) is 1. The second-order valence-electron chi connectivity index (χ2n) is 5.13. The Morgan fingerprint density at radius 2 is 2.12 bits per heavy atom. The summed E-state index contributed by atoms with van der Waals surface area (Å²) < 4.78 is 37.7. The summed E-state index contributed by atoms with van der Waals surface area (Å²) in [5, 5.41) is 18.0. The summed E-state index contributed by atoms with van der Waals surface area (Å²) in [7, 11) is 0. The van der Waals surface area contributed by atoms with Gasteiger partial charge in [-0.05, 0) is 25.0 Å². The average molecular weight is 341 g/mol. The van der Waals surface area contributed by atoms with E-state index >= 15 is 0 Å². The van der Waals surface area contributed by atoms with Crippen LogP contribution in [0.1, 0.15) is 35.7 Å². The van der Waals surface area contributed by atoms with Crippen molar-refractivity contribution < 1.29 is 32.9 Å². The lowest BCUT2D eigenvalue weighted by atomic mass is 10.1. The second-order valence-corrected chi connectivity index (χ2v) is 5.13. The molecule has 0 amide bonds. The minimum Gasteiger partial charge on any atom is -0.508 e. The van der Waals surface area contributed by atoms with Crippen LogP contribution in [0, 0.1) is 0 Å². The lowest BCUT2D eigenvalue weighted by Crippen LogP contribution is -2.29. The lowest BCUT2D eigenvalue weighted by Gasteiger charge is -2.13. The first-order valence-electron chi connectivity index (χ1n) is 7.32. The van der Waals surface area contributed by atoms with Gasteiger partial charge in [0.2, 0.25) is 0 Å². The number of oxazole rings is 1. The topological polar surface area (TPSA) is 92.8 Å². The molecule has 0 unspecified atom stereocenters. The van der Waals surface area contributed by atoms with Crippen LogP contribution in [-0.4, -0.2) is 33.5 Å². The van der Waals surface area contributed by atoms with Crippen molar-refractivity contribution >= 4 is 5.78 Å². The predicted molar refractivity (Wildman–Crippen MR) is 79.2 cm³/mol. The van der Waals surface area contributed by atoms with Gasteiger partial charge in [0.05, 0.1) is 12.8 Å². The lowest BCUT2D eigenvalue weighted by molar-refractivity contribution is -0.000231. The zero-order chi connectivity index (χ0) is 17.6. The molecule has 2 rings (SSSR count). The number of aromatic hydroxyl groups is 1. The van der Waals surface area contributed by atoms with Crippen molar-refractivity contribution in [1.29, 1.82) is 0 Å². The Labute approximate surface area is 136 Å². The molecule has 0 saturated heterocycles. The van der Waals surface area contributed by atoms with E-state index in [1.165, 1.54) is 12.1 Å².